The summed E-state index contributed by atoms with van der Waals surface area (Å²) in [6, 6.07) is 6.47. The second-order valence-corrected chi connectivity index (χ2v) is 5.04. The molecule has 0 aliphatic heterocycles. The molecule has 0 amide bonds. The van der Waals surface area contributed by atoms with Gasteiger partial charge in [0.05, 0.1) is 5.69 Å². The Bertz CT molecular complexity index is 589. The van der Waals surface area contributed by atoms with Crippen molar-refractivity contribution in [1.29, 1.82) is 0 Å². The zero-order valence-electron chi connectivity index (χ0n) is 9.50. The highest BCUT2D eigenvalue weighted by atomic mass is 127. The number of hydrogen-bond acceptors (Lipinski definition) is 1. The number of carbonyl (C=O) groups is 1. The van der Waals surface area contributed by atoms with Crippen LogP contribution in [-0.2, 0) is 0 Å². The highest BCUT2D eigenvalue weighted by Crippen LogP contribution is 2.24. The SMILES string of the molecule is Cc1cc(C=O)c(C)n1-c1ccc(F)cc1I. The maximum absolute atomic E-state index is 13.1. The number of aromatic nitrogens is 1. The van der Waals surface area contributed by atoms with E-state index in [4.69, 9.17) is 0 Å². The molecule has 1 heterocycles. The first-order valence-corrected chi connectivity index (χ1v) is 6.22. The lowest BCUT2D eigenvalue weighted by Crippen LogP contribution is -2.02. The molecule has 88 valence electrons. The van der Waals surface area contributed by atoms with Crippen molar-refractivity contribution >= 4 is 28.9 Å². The first-order valence-electron chi connectivity index (χ1n) is 5.14. The lowest BCUT2D eigenvalue weighted by Gasteiger charge is -2.11. The minimum absolute atomic E-state index is 0.253. The summed E-state index contributed by atoms with van der Waals surface area (Å²) in [6.07, 6.45) is 0.842. The predicted molar refractivity (Wildman–Crippen MR) is 73.3 cm³/mol. The van der Waals surface area contributed by atoms with Crippen molar-refractivity contribution in [2.45, 2.75) is 13.8 Å². The van der Waals surface area contributed by atoms with Gasteiger partial charge in [0.15, 0.2) is 6.29 Å². The van der Waals surface area contributed by atoms with E-state index >= 15 is 0 Å². The first-order chi connectivity index (χ1) is 8.04. The molecule has 0 spiro atoms. The Labute approximate surface area is 113 Å². The number of aldehydes is 1. The van der Waals surface area contributed by atoms with Crippen LogP contribution in [0.3, 0.4) is 0 Å². The number of nitrogens with zero attached hydrogens (tertiary/aromatic N) is 1. The molecule has 0 saturated carbocycles. The molecule has 4 heteroatoms. The largest absolute Gasteiger partial charge is 0.317 e. The molecule has 0 radical (unpaired) electrons. The van der Waals surface area contributed by atoms with Crippen molar-refractivity contribution in [2.75, 3.05) is 0 Å². The first kappa shape index (κ1) is 12.3. The second-order valence-electron chi connectivity index (χ2n) is 3.88. The van der Waals surface area contributed by atoms with Gasteiger partial charge in [0.1, 0.15) is 5.82 Å². The molecule has 1 aromatic heterocycles. The van der Waals surface area contributed by atoms with Crippen LogP contribution in [0.4, 0.5) is 4.39 Å². The van der Waals surface area contributed by atoms with Crippen LogP contribution in [-0.4, -0.2) is 10.9 Å². The van der Waals surface area contributed by atoms with Crippen LogP contribution in [0.25, 0.3) is 5.69 Å². The minimum atomic E-state index is -0.253. The van der Waals surface area contributed by atoms with E-state index < -0.39 is 0 Å². The number of carbonyl (C=O) groups excluding carboxylic acids is 1. The number of benzene rings is 1. The van der Waals surface area contributed by atoms with E-state index in [1.807, 2.05) is 24.5 Å². The van der Waals surface area contributed by atoms with Gasteiger partial charge in [0, 0.05) is 20.5 Å². The van der Waals surface area contributed by atoms with Crippen LogP contribution in [0.2, 0.25) is 0 Å². The zero-order valence-corrected chi connectivity index (χ0v) is 11.7. The third-order valence-electron chi connectivity index (χ3n) is 2.75. The summed E-state index contributed by atoms with van der Waals surface area (Å²) in [7, 11) is 0. The molecule has 0 aliphatic carbocycles. The van der Waals surface area contributed by atoms with Gasteiger partial charge in [-0.15, -0.1) is 0 Å². The average molecular weight is 343 g/mol. The van der Waals surface area contributed by atoms with Crippen LogP contribution >= 0.6 is 22.6 Å². The zero-order chi connectivity index (χ0) is 12.6. The van der Waals surface area contributed by atoms with E-state index in [-0.39, 0.29) is 5.82 Å². The average Bonchev–Trinajstić information content (AvgIpc) is 2.55. The Morgan fingerprint density at radius 1 is 1.29 bits per heavy atom. The summed E-state index contributed by atoms with van der Waals surface area (Å²) in [5.74, 6) is -0.253. The van der Waals surface area contributed by atoms with E-state index in [1.54, 1.807) is 6.07 Å². The van der Waals surface area contributed by atoms with Crippen molar-refractivity contribution in [3.05, 3.63) is 50.6 Å². The Balaban J connectivity index is 2.68. The van der Waals surface area contributed by atoms with Crippen LogP contribution in [0.15, 0.2) is 24.3 Å². The van der Waals surface area contributed by atoms with Gasteiger partial charge in [0.25, 0.3) is 0 Å². The summed E-state index contributed by atoms with van der Waals surface area (Å²) < 4.78 is 15.8. The summed E-state index contributed by atoms with van der Waals surface area (Å²) >= 11 is 2.10. The molecule has 0 aliphatic rings. The fourth-order valence-corrected chi connectivity index (χ4v) is 2.66. The number of hydrogen-bond donors (Lipinski definition) is 0. The third kappa shape index (κ3) is 2.13. The topological polar surface area (TPSA) is 22.0 Å². The van der Waals surface area contributed by atoms with Crippen molar-refractivity contribution < 1.29 is 9.18 Å². The maximum Gasteiger partial charge on any atom is 0.151 e. The van der Waals surface area contributed by atoms with Gasteiger partial charge in [0.2, 0.25) is 0 Å². The smallest absolute Gasteiger partial charge is 0.151 e. The summed E-state index contributed by atoms with van der Waals surface area (Å²) in [5.41, 5.74) is 3.41. The maximum atomic E-state index is 13.1. The highest BCUT2D eigenvalue weighted by Gasteiger charge is 2.12. The van der Waals surface area contributed by atoms with Crippen molar-refractivity contribution in [1.82, 2.24) is 4.57 Å². The molecule has 0 fully saturated rings. The predicted octanol–water partition coefficient (Wildman–Crippen LogP) is 3.65. The molecule has 1 aromatic carbocycles. The van der Waals surface area contributed by atoms with Crippen molar-refractivity contribution in [3.63, 3.8) is 0 Å². The summed E-state index contributed by atoms with van der Waals surface area (Å²) in [5, 5.41) is 0. The van der Waals surface area contributed by atoms with Crippen LogP contribution in [0, 0.1) is 23.2 Å². The molecule has 0 bridgehead atoms. The van der Waals surface area contributed by atoms with Crippen LogP contribution < -0.4 is 0 Å². The standard InChI is InChI=1S/C13H11FINO/c1-8-5-10(7-17)9(2)16(8)13-4-3-11(14)6-12(13)15/h3-7H,1-2H3. The fraction of sp³-hybridized carbons (Fsp3) is 0.154. The molecule has 0 atom stereocenters. The minimum Gasteiger partial charge on any atom is -0.317 e. The van der Waals surface area contributed by atoms with E-state index in [2.05, 4.69) is 22.6 Å². The van der Waals surface area contributed by atoms with Gasteiger partial charge < -0.3 is 4.57 Å². The quantitative estimate of drug-likeness (QED) is 0.603. The second kappa shape index (κ2) is 4.60. The van der Waals surface area contributed by atoms with Crippen LogP contribution in [0.1, 0.15) is 21.7 Å². The van der Waals surface area contributed by atoms with Crippen molar-refractivity contribution in [2.24, 2.45) is 0 Å². The Morgan fingerprint density at radius 3 is 2.53 bits per heavy atom. The van der Waals surface area contributed by atoms with E-state index in [9.17, 15) is 9.18 Å². The Hall–Kier alpha value is -1.17. The normalized spacial score (nSPS) is 10.6. The van der Waals surface area contributed by atoms with Gasteiger partial charge in [-0.25, -0.2) is 4.39 Å². The molecule has 2 aromatic rings. The molecule has 0 unspecified atom stereocenters. The summed E-state index contributed by atoms with van der Waals surface area (Å²) in [4.78, 5) is 10.9. The van der Waals surface area contributed by atoms with Gasteiger partial charge >= 0.3 is 0 Å². The molecular weight excluding hydrogens is 332 g/mol. The van der Waals surface area contributed by atoms with Gasteiger partial charge in [-0.1, -0.05) is 0 Å². The third-order valence-corrected chi connectivity index (χ3v) is 3.61. The van der Waals surface area contributed by atoms with Crippen molar-refractivity contribution in [3.8, 4) is 5.69 Å². The van der Waals surface area contributed by atoms with E-state index in [0.717, 1.165) is 26.9 Å². The highest BCUT2D eigenvalue weighted by molar-refractivity contribution is 14.1. The van der Waals surface area contributed by atoms with E-state index in [0.29, 0.717) is 5.56 Å². The molecular formula is C13H11FINO. The molecule has 0 N–H and O–H groups in total. The number of aryl methyl sites for hydroxylation is 1. The monoisotopic (exact) mass is 343 g/mol. The summed E-state index contributed by atoms with van der Waals surface area (Å²) in [6.45, 7) is 3.82. The number of rotatable bonds is 2. The Kier molecular flexibility index (Phi) is 3.33. The van der Waals surface area contributed by atoms with E-state index in [1.165, 1.54) is 12.1 Å². The number of halogens is 2. The molecule has 0 saturated heterocycles. The van der Waals surface area contributed by atoms with Gasteiger partial charge in [-0.2, -0.15) is 0 Å². The molecule has 17 heavy (non-hydrogen) atoms. The van der Waals surface area contributed by atoms with Gasteiger partial charge in [-0.05, 0) is 60.7 Å². The molecule has 2 nitrogen and oxygen atoms in total. The fourth-order valence-electron chi connectivity index (χ4n) is 1.94. The van der Waals surface area contributed by atoms with Crippen LogP contribution in [0.5, 0.6) is 0 Å². The van der Waals surface area contributed by atoms with Gasteiger partial charge in [-0.3, -0.25) is 4.79 Å². The lowest BCUT2D eigenvalue weighted by molar-refractivity contribution is 0.112. The molecule has 2 rings (SSSR count). The Morgan fingerprint density at radius 2 is 2.00 bits per heavy atom. The lowest BCUT2D eigenvalue weighted by atomic mass is 10.2.